The van der Waals surface area contributed by atoms with Crippen LogP contribution >= 0.6 is 0 Å². The summed E-state index contributed by atoms with van der Waals surface area (Å²) in [5.74, 6) is -3.35. The van der Waals surface area contributed by atoms with E-state index in [1.54, 1.807) is 0 Å². The lowest BCUT2D eigenvalue weighted by Gasteiger charge is -2.34. The lowest BCUT2D eigenvalue weighted by atomic mass is 10.2. The monoisotopic (exact) mass is 303 g/mol. The second-order valence-corrected chi connectivity index (χ2v) is 4.73. The van der Waals surface area contributed by atoms with Crippen molar-refractivity contribution in [1.82, 2.24) is 9.80 Å². The number of nitrogens with one attached hydrogen (secondary N) is 1. The van der Waals surface area contributed by atoms with Crippen molar-refractivity contribution in [3.05, 3.63) is 29.6 Å². The van der Waals surface area contributed by atoms with Crippen molar-refractivity contribution in [2.24, 2.45) is 0 Å². The molecule has 0 bridgehead atoms. The first-order chi connectivity index (χ1) is 10.0. The van der Waals surface area contributed by atoms with Crippen LogP contribution in [-0.2, 0) is 0 Å². The zero-order valence-corrected chi connectivity index (χ0v) is 11.3. The minimum absolute atomic E-state index is 0.0399. The molecule has 116 valence electrons. The van der Waals surface area contributed by atoms with E-state index >= 15 is 0 Å². The predicted molar refractivity (Wildman–Crippen MR) is 70.4 cm³/mol. The molecule has 2 amide bonds. The third-order valence-corrected chi connectivity index (χ3v) is 3.31. The Bertz CT molecular complexity index is 496. The molecule has 2 N–H and O–H groups in total. The summed E-state index contributed by atoms with van der Waals surface area (Å²) in [6.07, 6.45) is 0. The molecule has 0 radical (unpaired) electrons. The van der Waals surface area contributed by atoms with Gasteiger partial charge in [0.15, 0.2) is 11.6 Å². The van der Waals surface area contributed by atoms with Crippen LogP contribution in [0.1, 0.15) is 0 Å². The first-order valence-electron chi connectivity index (χ1n) is 6.55. The molecular weight excluding hydrogens is 287 g/mol. The number of hydrogen-bond acceptors (Lipinski definition) is 3. The highest BCUT2D eigenvalue weighted by Gasteiger charge is 2.22. The van der Waals surface area contributed by atoms with Crippen LogP contribution in [0.5, 0.6) is 0 Å². The first kappa shape index (κ1) is 15.6. The number of aliphatic hydroxyl groups is 1. The van der Waals surface area contributed by atoms with Crippen molar-refractivity contribution in [2.75, 3.05) is 44.6 Å². The van der Waals surface area contributed by atoms with E-state index in [-0.39, 0.29) is 6.61 Å². The molecule has 1 saturated heterocycles. The number of β-amino-alcohol motifs (C(OH)–C–C–N with tert-alkyl or cyclic N) is 1. The van der Waals surface area contributed by atoms with E-state index in [1.807, 2.05) is 4.90 Å². The third kappa shape index (κ3) is 3.85. The maximum atomic E-state index is 13.5. The zero-order chi connectivity index (χ0) is 15.4. The summed E-state index contributed by atoms with van der Waals surface area (Å²) in [6.45, 7) is 2.48. The van der Waals surface area contributed by atoms with Gasteiger partial charge in [-0.2, -0.15) is 0 Å². The molecule has 0 atom stereocenters. The van der Waals surface area contributed by atoms with Crippen LogP contribution in [0.25, 0.3) is 0 Å². The predicted octanol–water partition coefficient (Wildman–Crippen LogP) is 1.25. The van der Waals surface area contributed by atoms with Crippen LogP contribution in [0.15, 0.2) is 12.1 Å². The number of anilines is 1. The lowest BCUT2D eigenvalue weighted by Crippen LogP contribution is -2.50. The lowest BCUT2D eigenvalue weighted by molar-refractivity contribution is 0.127. The highest BCUT2D eigenvalue weighted by Crippen LogP contribution is 2.20. The fraction of sp³-hybridized carbons (Fsp3) is 0.462. The van der Waals surface area contributed by atoms with E-state index in [2.05, 4.69) is 5.32 Å². The molecule has 1 aromatic carbocycles. The highest BCUT2D eigenvalue weighted by molar-refractivity contribution is 5.89. The number of urea groups is 1. The van der Waals surface area contributed by atoms with Gasteiger partial charge in [-0.25, -0.2) is 18.0 Å². The molecular formula is C13H16F3N3O2. The van der Waals surface area contributed by atoms with Crippen LogP contribution in [0.4, 0.5) is 23.7 Å². The zero-order valence-electron chi connectivity index (χ0n) is 11.3. The number of aliphatic hydroxyl groups excluding tert-OH is 1. The Labute approximate surface area is 120 Å². The number of nitrogens with zero attached hydrogens (tertiary/aromatic N) is 2. The second-order valence-electron chi connectivity index (χ2n) is 4.73. The smallest absolute Gasteiger partial charge is 0.322 e. The van der Waals surface area contributed by atoms with E-state index in [4.69, 9.17) is 5.11 Å². The Hall–Kier alpha value is -1.80. The summed E-state index contributed by atoms with van der Waals surface area (Å²) in [7, 11) is 0. The molecule has 1 aliphatic rings. The van der Waals surface area contributed by atoms with Crippen LogP contribution in [0.2, 0.25) is 0 Å². The van der Waals surface area contributed by atoms with Crippen molar-refractivity contribution in [3.63, 3.8) is 0 Å². The Morgan fingerprint density at radius 2 is 1.71 bits per heavy atom. The Kier molecular flexibility index (Phi) is 5.03. The molecule has 0 unspecified atom stereocenters. The fourth-order valence-corrected chi connectivity index (χ4v) is 2.16. The van der Waals surface area contributed by atoms with Crippen LogP contribution in [0.3, 0.4) is 0 Å². The van der Waals surface area contributed by atoms with Crippen molar-refractivity contribution >= 4 is 11.7 Å². The van der Waals surface area contributed by atoms with E-state index in [0.717, 1.165) is 0 Å². The molecule has 5 nitrogen and oxygen atoms in total. The summed E-state index contributed by atoms with van der Waals surface area (Å²) in [6, 6.07) is 0.388. The van der Waals surface area contributed by atoms with Gasteiger partial charge in [0.25, 0.3) is 0 Å². The number of amides is 2. The van der Waals surface area contributed by atoms with E-state index in [9.17, 15) is 18.0 Å². The number of carbonyl (C=O) groups excluding carboxylic acids is 1. The van der Waals surface area contributed by atoms with E-state index in [1.165, 1.54) is 4.90 Å². The summed E-state index contributed by atoms with van der Waals surface area (Å²) in [4.78, 5) is 15.3. The van der Waals surface area contributed by atoms with Gasteiger partial charge in [0.2, 0.25) is 0 Å². The minimum atomic E-state index is -1.15. The Morgan fingerprint density at radius 1 is 1.14 bits per heavy atom. The van der Waals surface area contributed by atoms with Crippen LogP contribution in [0, 0.1) is 17.5 Å². The molecule has 21 heavy (non-hydrogen) atoms. The average Bonchev–Trinajstić information content (AvgIpc) is 2.43. The maximum absolute atomic E-state index is 13.5. The summed E-state index contributed by atoms with van der Waals surface area (Å²) in [5, 5.41) is 10.9. The normalized spacial score (nSPS) is 16.1. The van der Waals surface area contributed by atoms with Gasteiger partial charge in [-0.3, -0.25) is 4.90 Å². The molecule has 0 aromatic heterocycles. The topological polar surface area (TPSA) is 55.8 Å². The molecule has 1 aliphatic heterocycles. The van der Waals surface area contributed by atoms with Crippen molar-refractivity contribution in [2.45, 2.75) is 0 Å². The number of halogens is 3. The van der Waals surface area contributed by atoms with Crippen molar-refractivity contribution < 1.29 is 23.1 Å². The van der Waals surface area contributed by atoms with Crippen LogP contribution < -0.4 is 5.32 Å². The molecule has 8 heteroatoms. The van der Waals surface area contributed by atoms with Gasteiger partial charge in [0.1, 0.15) is 11.5 Å². The third-order valence-electron chi connectivity index (χ3n) is 3.31. The summed E-state index contributed by atoms with van der Waals surface area (Å²) >= 11 is 0. The standard InChI is InChI=1S/C13H16F3N3O2/c14-9-7-10(15)12(11(16)8-9)17-13(21)19-3-1-18(2-4-19)5-6-20/h7-8,20H,1-6H2,(H,17,21). The number of piperazine rings is 1. The van der Waals surface area contributed by atoms with Gasteiger partial charge < -0.3 is 15.3 Å². The first-order valence-corrected chi connectivity index (χ1v) is 6.55. The SMILES string of the molecule is O=C(Nc1c(F)cc(F)cc1F)N1CCN(CCO)CC1. The average molecular weight is 303 g/mol. The molecule has 2 rings (SSSR count). The molecule has 1 aromatic rings. The molecule has 0 aliphatic carbocycles. The Morgan fingerprint density at radius 3 is 2.24 bits per heavy atom. The number of rotatable bonds is 3. The molecule has 0 saturated carbocycles. The second kappa shape index (κ2) is 6.77. The number of hydrogen-bond donors (Lipinski definition) is 2. The summed E-state index contributed by atoms with van der Waals surface area (Å²) in [5.41, 5.74) is -0.654. The van der Waals surface area contributed by atoms with Gasteiger partial charge in [0, 0.05) is 44.9 Å². The van der Waals surface area contributed by atoms with Gasteiger partial charge in [-0.1, -0.05) is 0 Å². The molecule has 1 heterocycles. The van der Waals surface area contributed by atoms with E-state index < -0.39 is 29.2 Å². The van der Waals surface area contributed by atoms with Gasteiger partial charge in [-0.15, -0.1) is 0 Å². The Balaban J connectivity index is 1.97. The molecule has 1 fully saturated rings. The van der Waals surface area contributed by atoms with E-state index in [0.29, 0.717) is 44.9 Å². The van der Waals surface area contributed by atoms with Gasteiger partial charge in [-0.05, 0) is 0 Å². The molecule has 0 spiro atoms. The quantitative estimate of drug-likeness (QED) is 0.883. The highest BCUT2D eigenvalue weighted by atomic mass is 19.1. The van der Waals surface area contributed by atoms with Gasteiger partial charge >= 0.3 is 6.03 Å². The number of benzene rings is 1. The fourth-order valence-electron chi connectivity index (χ4n) is 2.16. The van der Waals surface area contributed by atoms with Crippen molar-refractivity contribution in [1.29, 1.82) is 0 Å². The number of carbonyl (C=O) groups is 1. The maximum Gasteiger partial charge on any atom is 0.322 e. The summed E-state index contributed by atoms with van der Waals surface area (Å²) < 4.78 is 39.7. The van der Waals surface area contributed by atoms with Crippen molar-refractivity contribution in [3.8, 4) is 0 Å². The minimum Gasteiger partial charge on any atom is -0.395 e. The largest absolute Gasteiger partial charge is 0.395 e. The van der Waals surface area contributed by atoms with Gasteiger partial charge in [0.05, 0.1) is 6.61 Å². The van der Waals surface area contributed by atoms with Crippen LogP contribution in [-0.4, -0.2) is 60.3 Å².